The van der Waals surface area contributed by atoms with Crippen molar-refractivity contribution in [1.29, 1.82) is 0 Å². The topological polar surface area (TPSA) is 85.0 Å². The Hall–Kier alpha value is -2.43. The van der Waals surface area contributed by atoms with Gasteiger partial charge in [-0.3, -0.25) is 20.7 Å². The summed E-state index contributed by atoms with van der Waals surface area (Å²) in [5.74, 6) is -0.333. The van der Waals surface area contributed by atoms with Crippen LogP contribution in [-0.2, 0) is 16.6 Å². The Morgan fingerprint density at radius 1 is 1.28 bits per heavy atom. The number of likely N-dealkylation sites (N-methyl/N-ethyl adjacent to an activating group) is 1. The molecule has 3 rings (SSSR count). The number of carbonyl (C=O) groups excluding carboxylic acids is 1. The van der Waals surface area contributed by atoms with Crippen LogP contribution in [0.2, 0.25) is 0 Å². The van der Waals surface area contributed by atoms with Gasteiger partial charge in [0.05, 0.1) is 17.5 Å². The minimum atomic E-state index is -3.25. The molecule has 1 aromatic rings. The molecule has 2 amide bonds. The molecule has 0 aliphatic carbocycles. The van der Waals surface area contributed by atoms with Crippen molar-refractivity contribution < 1.29 is 17.6 Å². The number of allylic oxidation sites excluding steroid dienone is 2. The van der Waals surface area contributed by atoms with Gasteiger partial charge in [0.15, 0.2) is 0 Å². The zero-order valence-corrected chi connectivity index (χ0v) is 19.6. The van der Waals surface area contributed by atoms with Gasteiger partial charge < -0.3 is 0 Å². The number of likely N-dealkylation sites (tertiary alicyclic amines) is 1. The first-order valence-electron chi connectivity index (χ1n) is 10.9. The van der Waals surface area contributed by atoms with E-state index in [9.17, 15) is 17.6 Å². The smallest absolute Gasteiger partial charge is 0.297 e. The lowest BCUT2D eigenvalue weighted by Crippen LogP contribution is -2.48. The van der Waals surface area contributed by atoms with Crippen LogP contribution in [0.1, 0.15) is 32.3 Å². The number of nitrogens with zero attached hydrogens (tertiary/aromatic N) is 3. The number of piperidine rings is 1. The third kappa shape index (κ3) is 6.08. The van der Waals surface area contributed by atoms with Crippen molar-refractivity contribution in [2.45, 2.75) is 45.3 Å². The summed E-state index contributed by atoms with van der Waals surface area (Å²) in [5, 5.41) is 0. The highest BCUT2D eigenvalue weighted by Gasteiger charge is 2.29. The molecule has 0 spiro atoms. The van der Waals surface area contributed by atoms with Crippen LogP contribution in [0, 0.1) is 5.82 Å². The molecule has 2 heterocycles. The number of carbonyl (C=O) groups is 1. The van der Waals surface area contributed by atoms with Gasteiger partial charge in [0.2, 0.25) is 10.0 Å². The molecular weight excluding hydrogens is 433 g/mol. The number of hydrogen-bond donors (Lipinski definition) is 2. The number of amides is 2. The Kier molecular flexibility index (Phi) is 7.91. The summed E-state index contributed by atoms with van der Waals surface area (Å²) in [6.07, 6.45) is 8.92. The largest absolute Gasteiger partial charge is 0.340 e. The molecule has 2 atom stereocenters. The van der Waals surface area contributed by atoms with E-state index in [0.29, 0.717) is 18.8 Å². The van der Waals surface area contributed by atoms with E-state index in [1.807, 2.05) is 19.1 Å². The zero-order valence-electron chi connectivity index (χ0n) is 18.8. The van der Waals surface area contributed by atoms with Crippen LogP contribution in [0.3, 0.4) is 0 Å². The highest BCUT2D eigenvalue weighted by atomic mass is 32.2. The highest BCUT2D eigenvalue weighted by molar-refractivity contribution is 7.89. The average molecular weight is 466 g/mol. The lowest BCUT2D eigenvalue weighted by atomic mass is 10.0. The number of hydrazine groups is 1. The van der Waals surface area contributed by atoms with Crippen molar-refractivity contribution in [3.8, 4) is 0 Å². The second-order valence-electron chi connectivity index (χ2n) is 8.23. The average Bonchev–Trinajstić information content (AvgIpc) is 2.77. The van der Waals surface area contributed by atoms with Crippen molar-refractivity contribution in [3.05, 3.63) is 54.0 Å². The van der Waals surface area contributed by atoms with Crippen molar-refractivity contribution in [3.63, 3.8) is 0 Å². The van der Waals surface area contributed by atoms with Crippen molar-refractivity contribution in [2.75, 3.05) is 31.3 Å². The van der Waals surface area contributed by atoms with Gasteiger partial charge in [0.1, 0.15) is 5.82 Å². The number of urea groups is 1. The summed E-state index contributed by atoms with van der Waals surface area (Å²) in [7, 11) is -1.62. The van der Waals surface area contributed by atoms with Gasteiger partial charge in [-0.15, -0.1) is 0 Å². The SMILES string of the molecule is CCS(=O)(=O)N(C)[C@@H]1CCCN(Cc2cc(F)cc(NNC(=O)N3C=CC=CC3C)c2)C1. The molecule has 0 radical (unpaired) electrons. The Morgan fingerprint density at radius 2 is 2.06 bits per heavy atom. The summed E-state index contributed by atoms with van der Waals surface area (Å²) in [5.41, 5.74) is 6.58. The molecule has 2 aliphatic rings. The summed E-state index contributed by atoms with van der Waals surface area (Å²) in [6, 6.07) is 4.06. The molecule has 1 fully saturated rings. The molecule has 0 saturated carbocycles. The summed E-state index contributed by atoms with van der Waals surface area (Å²) < 4.78 is 40.1. The molecule has 176 valence electrons. The van der Waals surface area contributed by atoms with Crippen LogP contribution in [0.5, 0.6) is 0 Å². The van der Waals surface area contributed by atoms with E-state index in [-0.39, 0.29) is 23.9 Å². The standard InChI is InChI=1S/C22H32FN5O3S/c1-4-32(30,31)26(3)21-9-7-10-27(16-21)15-18-12-19(23)14-20(13-18)24-25-22(29)28-11-6-5-8-17(28)2/h5-6,8,11-14,17,21,24H,4,7,9-10,15-16H2,1-3H3,(H,25,29)/t17?,21-/m1/s1. The molecule has 0 aromatic heterocycles. The molecule has 8 nitrogen and oxygen atoms in total. The van der Waals surface area contributed by atoms with E-state index in [0.717, 1.165) is 24.9 Å². The number of sulfonamides is 1. The third-order valence-electron chi connectivity index (χ3n) is 5.90. The van der Waals surface area contributed by atoms with E-state index in [1.54, 1.807) is 32.3 Å². The fraction of sp³-hybridized carbons (Fsp3) is 0.500. The van der Waals surface area contributed by atoms with Gasteiger partial charge in [-0.2, -0.15) is 0 Å². The molecule has 1 aromatic carbocycles. The highest BCUT2D eigenvalue weighted by Crippen LogP contribution is 2.21. The van der Waals surface area contributed by atoms with Crippen LogP contribution < -0.4 is 10.9 Å². The van der Waals surface area contributed by atoms with Gasteiger partial charge in [-0.1, -0.05) is 12.2 Å². The Bertz CT molecular complexity index is 982. The van der Waals surface area contributed by atoms with Crippen LogP contribution in [-0.4, -0.2) is 66.5 Å². The summed E-state index contributed by atoms with van der Waals surface area (Å²) in [4.78, 5) is 16.1. The second-order valence-corrected chi connectivity index (χ2v) is 10.5. The molecule has 1 unspecified atom stereocenters. The fourth-order valence-electron chi connectivity index (χ4n) is 4.01. The summed E-state index contributed by atoms with van der Waals surface area (Å²) in [6.45, 7) is 5.45. The van der Waals surface area contributed by atoms with Gasteiger partial charge in [-0.05, 0) is 63.1 Å². The predicted octanol–water partition coefficient (Wildman–Crippen LogP) is 2.88. The number of rotatable bonds is 7. The number of hydrogen-bond acceptors (Lipinski definition) is 5. The Balaban J connectivity index is 1.61. The van der Waals surface area contributed by atoms with Gasteiger partial charge in [-0.25, -0.2) is 21.9 Å². The van der Waals surface area contributed by atoms with Gasteiger partial charge >= 0.3 is 6.03 Å². The number of benzene rings is 1. The monoisotopic (exact) mass is 465 g/mol. The lowest BCUT2D eigenvalue weighted by molar-refractivity contribution is 0.153. The van der Waals surface area contributed by atoms with E-state index >= 15 is 0 Å². The van der Waals surface area contributed by atoms with E-state index < -0.39 is 15.8 Å². The number of nitrogens with one attached hydrogen (secondary N) is 2. The van der Waals surface area contributed by atoms with E-state index in [2.05, 4.69) is 15.8 Å². The quantitative estimate of drug-likeness (QED) is 0.605. The van der Waals surface area contributed by atoms with Gasteiger partial charge in [0, 0.05) is 32.4 Å². The zero-order chi connectivity index (χ0) is 23.3. The van der Waals surface area contributed by atoms with Crippen molar-refractivity contribution >= 4 is 21.7 Å². The van der Waals surface area contributed by atoms with Crippen molar-refractivity contribution in [2.24, 2.45) is 0 Å². The maximum Gasteiger partial charge on any atom is 0.340 e. The molecule has 32 heavy (non-hydrogen) atoms. The molecule has 0 bridgehead atoms. The second kappa shape index (κ2) is 10.5. The molecule has 2 aliphatic heterocycles. The number of halogens is 1. The maximum atomic E-state index is 14.2. The minimum Gasteiger partial charge on any atom is -0.297 e. The van der Waals surface area contributed by atoms with E-state index in [1.165, 1.54) is 21.3 Å². The van der Waals surface area contributed by atoms with Crippen molar-refractivity contribution in [1.82, 2.24) is 19.5 Å². The van der Waals surface area contributed by atoms with Crippen LogP contribution in [0.25, 0.3) is 0 Å². The minimum absolute atomic E-state index is 0.0763. The van der Waals surface area contributed by atoms with Crippen LogP contribution >= 0.6 is 0 Å². The maximum absolute atomic E-state index is 14.2. The first kappa shape index (κ1) is 24.2. The fourth-order valence-corrected chi connectivity index (χ4v) is 5.05. The molecule has 2 N–H and O–H groups in total. The molecule has 1 saturated heterocycles. The van der Waals surface area contributed by atoms with Crippen LogP contribution in [0.4, 0.5) is 14.9 Å². The third-order valence-corrected chi connectivity index (χ3v) is 7.80. The van der Waals surface area contributed by atoms with Crippen LogP contribution in [0.15, 0.2) is 42.6 Å². The predicted molar refractivity (Wildman–Crippen MR) is 124 cm³/mol. The normalized spacial score (nSPS) is 21.7. The lowest BCUT2D eigenvalue weighted by Gasteiger charge is -2.37. The first-order chi connectivity index (χ1) is 15.2. The number of anilines is 1. The first-order valence-corrected chi connectivity index (χ1v) is 12.5. The Labute approximate surface area is 189 Å². The van der Waals surface area contributed by atoms with E-state index in [4.69, 9.17) is 0 Å². The molecular formula is C22H32FN5O3S. The van der Waals surface area contributed by atoms with Gasteiger partial charge in [0.25, 0.3) is 0 Å². The molecule has 10 heteroatoms. The Morgan fingerprint density at radius 3 is 2.78 bits per heavy atom. The summed E-state index contributed by atoms with van der Waals surface area (Å²) >= 11 is 0.